The first-order valence-electron chi connectivity index (χ1n) is 6.60. The zero-order valence-electron chi connectivity index (χ0n) is 11.7. The number of hydrogen-bond acceptors (Lipinski definition) is 3. The lowest BCUT2D eigenvalue weighted by molar-refractivity contribution is -0.137. The SMILES string of the molecule is Cn1ccc2nc(CN)nc(-c3ccc(C(F)(F)F)cc3)c21. The highest BCUT2D eigenvalue weighted by molar-refractivity contribution is 5.90. The van der Waals surface area contributed by atoms with Gasteiger partial charge in [-0.2, -0.15) is 13.2 Å². The first kappa shape index (κ1) is 14.5. The van der Waals surface area contributed by atoms with E-state index in [0.717, 1.165) is 17.6 Å². The number of alkyl halides is 3. The molecule has 2 aromatic heterocycles. The van der Waals surface area contributed by atoms with Gasteiger partial charge >= 0.3 is 6.18 Å². The van der Waals surface area contributed by atoms with Crippen LogP contribution in [0.5, 0.6) is 0 Å². The zero-order chi connectivity index (χ0) is 15.9. The summed E-state index contributed by atoms with van der Waals surface area (Å²) >= 11 is 0. The normalized spacial score (nSPS) is 12.0. The van der Waals surface area contributed by atoms with Crippen LogP contribution in [0.1, 0.15) is 11.4 Å². The molecule has 0 unspecified atom stereocenters. The lowest BCUT2D eigenvalue weighted by Gasteiger charge is -2.10. The minimum atomic E-state index is -4.35. The number of aryl methyl sites for hydroxylation is 1. The molecular formula is C15H13F3N4. The molecule has 22 heavy (non-hydrogen) atoms. The van der Waals surface area contributed by atoms with Gasteiger partial charge in [0.15, 0.2) is 0 Å². The van der Waals surface area contributed by atoms with Crippen molar-refractivity contribution in [2.45, 2.75) is 12.7 Å². The maximum Gasteiger partial charge on any atom is 0.416 e. The van der Waals surface area contributed by atoms with Gasteiger partial charge in [-0.3, -0.25) is 0 Å². The number of halogens is 3. The van der Waals surface area contributed by atoms with Crippen LogP contribution in [-0.2, 0) is 19.8 Å². The van der Waals surface area contributed by atoms with Gasteiger partial charge < -0.3 is 10.3 Å². The molecule has 0 aliphatic heterocycles. The first-order valence-corrected chi connectivity index (χ1v) is 6.60. The summed E-state index contributed by atoms with van der Waals surface area (Å²) in [5, 5.41) is 0. The third kappa shape index (κ3) is 2.43. The van der Waals surface area contributed by atoms with E-state index in [4.69, 9.17) is 5.73 Å². The summed E-state index contributed by atoms with van der Waals surface area (Å²) in [6.07, 6.45) is -2.53. The second-order valence-electron chi connectivity index (χ2n) is 4.93. The van der Waals surface area contributed by atoms with Crippen molar-refractivity contribution in [1.82, 2.24) is 14.5 Å². The molecule has 114 valence electrons. The van der Waals surface area contributed by atoms with Crippen molar-refractivity contribution in [3.8, 4) is 11.3 Å². The number of nitrogens with zero attached hydrogens (tertiary/aromatic N) is 3. The van der Waals surface area contributed by atoms with Crippen molar-refractivity contribution >= 4 is 11.0 Å². The van der Waals surface area contributed by atoms with E-state index in [1.54, 1.807) is 0 Å². The Morgan fingerprint density at radius 3 is 2.36 bits per heavy atom. The Bertz CT molecular complexity index is 819. The predicted molar refractivity (Wildman–Crippen MR) is 76.8 cm³/mol. The molecule has 7 heteroatoms. The van der Waals surface area contributed by atoms with Gasteiger partial charge in [-0.15, -0.1) is 0 Å². The van der Waals surface area contributed by atoms with E-state index in [0.29, 0.717) is 22.6 Å². The summed E-state index contributed by atoms with van der Waals surface area (Å²) in [4.78, 5) is 8.70. The predicted octanol–water partition coefficient (Wildman–Crippen LogP) is 3.11. The van der Waals surface area contributed by atoms with E-state index >= 15 is 0 Å². The van der Waals surface area contributed by atoms with E-state index in [1.165, 1.54) is 12.1 Å². The number of rotatable bonds is 2. The lowest BCUT2D eigenvalue weighted by atomic mass is 10.1. The molecule has 0 atom stereocenters. The Balaban J connectivity index is 2.18. The number of hydrogen-bond donors (Lipinski definition) is 1. The van der Waals surface area contributed by atoms with Crippen molar-refractivity contribution in [2.75, 3.05) is 0 Å². The lowest BCUT2D eigenvalue weighted by Crippen LogP contribution is -2.06. The summed E-state index contributed by atoms with van der Waals surface area (Å²) < 4.78 is 39.8. The van der Waals surface area contributed by atoms with E-state index in [2.05, 4.69) is 9.97 Å². The van der Waals surface area contributed by atoms with Crippen LogP contribution in [0.15, 0.2) is 36.5 Å². The number of fused-ring (bicyclic) bond motifs is 1. The van der Waals surface area contributed by atoms with Crippen LogP contribution in [0.2, 0.25) is 0 Å². The average molecular weight is 306 g/mol. The minimum Gasteiger partial charge on any atom is -0.347 e. The highest BCUT2D eigenvalue weighted by Crippen LogP contribution is 2.32. The van der Waals surface area contributed by atoms with Crippen LogP contribution in [0.25, 0.3) is 22.3 Å². The molecule has 4 nitrogen and oxygen atoms in total. The molecule has 0 amide bonds. The van der Waals surface area contributed by atoms with Crippen LogP contribution in [0, 0.1) is 0 Å². The van der Waals surface area contributed by atoms with Crippen LogP contribution in [-0.4, -0.2) is 14.5 Å². The van der Waals surface area contributed by atoms with Crippen LogP contribution >= 0.6 is 0 Å². The molecule has 0 saturated carbocycles. The second-order valence-corrected chi connectivity index (χ2v) is 4.93. The summed E-state index contributed by atoms with van der Waals surface area (Å²) in [7, 11) is 1.83. The first-order chi connectivity index (χ1) is 10.4. The highest BCUT2D eigenvalue weighted by Gasteiger charge is 2.30. The molecule has 2 N–H and O–H groups in total. The quantitative estimate of drug-likeness (QED) is 0.791. The molecule has 0 saturated heterocycles. The number of benzene rings is 1. The van der Waals surface area contributed by atoms with Gasteiger partial charge in [0.25, 0.3) is 0 Å². The summed E-state index contributed by atoms with van der Waals surface area (Å²) in [5.41, 5.74) is 7.55. The van der Waals surface area contributed by atoms with Gasteiger partial charge in [-0.05, 0) is 18.2 Å². The van der Waals surface area contributed by atoms with Crippen molar-refractivity contribution in [2.24, 2.45) is 12.8 Å². The van der Waals surface area contributed by atoms with Crippen molar-refractivity contribution in [1.29, 1.82) is 0 Å². The van der Waals surface area contributed by atoms with Gasteiger partial charge in [0.05, 0.1) is 28.8 Å². The molecule has 3 aromatic rings. The van der Waals surface area contributed by atoms with E-state index in [9.17, 15) is 13.2 Å². The van der Waals surface area contributed by atoms with Gasteiger partial charge in [-0.25, -0.2) is 9.97 Å². The minimum absolute atomic E-state index is 0.165. The maximum atomic E-state index is 12.7. The molecule has 0 aliphatic rings. The number of nitrogens with two attached hydrogens (primary N) is 1. The highest BCUT2D eigenvalue weighted by atomic mass is 19.4. The fourth-order valence-electron chi connectivity index (χ4n) is 2.35. The smallest absolute Gasteiger partial charge is 0.347 e. The summed E-state index contributed by atoms with van der Waals surface area (Å²) in [5.74, 6) is 0.452. The Morgan fingerprint density at radius 1 is 1.09 bits per heavy atom. The number of aromatic nitrogens is 3. The Kier molecular flexibility index (Phi) is 3.37. The molecular weight excluding hydrogens is 293 g/mol. The van der Waals surface area contributed by atoms with Crippen LogP contribution in [0.3, 0.4) is 0 Å². The van der Waals surface area contributed by atoms with Crippen LogP contribution in [0.4, 0.5) is 13.2 Å². The van der Waals surface area contributed by atoms with Crippen molar-refractivity contribution in [3.63, 3.8) is 0 Å². The van der Waals surface area contributed by atoms with Gasteiger partial charge in [0.1, 0.15) is 5.82 Å². The molecule has 0 fully saturated rings. The monoisotopic (exact) mass is 306 g/mol. The van der Waals surface area contributed by atoms with Gasteiger partial charge in [0.2, 0.25) is 0 Å². The van der Waals surface area contributed by atoms with E-state index in [1.807, 2.05) is 23.9 Å². The Hall–Kier alpha value is -2.41. The molecule has 0 bridgehead atoms. The van der Waals surface area contributed by atoms with Gasteiger partial charge in [0, 0.05) is 18.8 Å². The third-order valence-corrected chi connectivity index (χ3v) is 3.43. The molecule has 0 aliphatic carbocycles. The molecule has 0 radical (unpaired) electrons. The molecule has 3 rings (SSSR count). The molecule has 1 aromatic carbocycles. The summed E-state index contributed by atoms with van der Waals surface area (Å²) in [6.45, 7) is 0.165. The van der Waals surface area contributed by atoms with E-state index in [-0.39, 0.29) is 6.54 Å². The van der Waals surface area contributed by atoms with Crippen molar-refractivity contribution in [3.05, 3.63) is 47.9 Å². The maximum absolute atomic E-state index is 12.7. The topological polar surface area (TPSA) is 56.7 Å². The molecule has 2 heterocycles. The van der Waals surface area contributed by atoms with Crippen LogP contribution < -0.4 is 5.73 Å². The van der Waals surface area contributed by atoms with Gasteiger partial charge in [-0.1, -0.05) is 12.1 Å². The Morgan fingerprint density at radius 2 is 1.77 bits per heavy atom. The summed E-state index contributed by atoms with van der Waals surface area (Å²) in [6, 6.07) is 6.75. The molecule has 0 spiro atoms. The zero-order valence-corrected chi connectivity index (χ0v) is 11.7. The van der Waals surface area contributed by atoms with E-state index < -0.39 is 11.7 Å². The Labute approximate surface area is 124 Å². The van der Waals surface area contributed by atoms with Crippen molar-refractivity contribution < 1.29 is 13.2 Å². The third-order valence-electron chi connectivity index (χ3n) is 3.43. The fraction of sp³-hybridized carbons (Fsp3) is 0.200. The second kappa shape index (κ2) is 5.10. The standard InChI is InChI=1S/C15H13F3N4/c1-22-7-6-11-14(22)13(21-12(8-19)20-11)9-2-4-10(5-3-9)15(16,17)18/h2-7H,8,19H2,1H3. The average Bonchev–Trinajstić information content (AvgIpc) is 2.87. The largest absolute Gasteiger partial charge is 0.416 e. The fourth-order valence-corrected chi connectivity index (χ4v) is 2.35.